The van der Waals surface area contributed by atoms with Crippen molar-refractivity contribution in [1.82, 2.24) is 4.90 Å². The molecule has 2 aromatic carbocycles. The Bertz CT molecular complexity index is 993. The number of halogens is 2. The maximum atomic E-state index is 14.2. The van der Waals surface area contributed by atoms with Crippen molar-refractivity contribution in [2.45, 2.75) is 30.7 Å². The summed E-state index contributed by atoms with van der Waals surface area (Å²) in [6.07, 6.45) is 2.72. The van der Waals surface area contributed by atoms with Crippen LogP contribution < -0.4 is 4.90 Å². The molecule has 3 aliphatic rings. The lowest BCUT2D eigenvalue weighted by atomic mass is 9.84. The third kappa shape index (κ3) is 2.78. The van der Waals surface area contributed by atoms with Crippen LogP contribution in [0, 0.1) is 17.6 Å². The molecule has 1 atom stereocenters. The van der Waals surface area contributed by atoms with Crippen LogP contribution in [0.4, 0.5) is 14.5 Å². The first-order valence-corrected chi connectivity index (χ1v) is 10.8. The SMILES string of the molecule is O=C(C1CCC1)N1CCS[C@@]12C(=O)N(Cc1ccc(F)cc1)c1ccc(F)cc12. The van der Waals surface area contributed by atoms with E-state index in [0.29, 0.717) is 23.5 Å². The van der Waals surface area contributed by atoms with Crippen molar-refractivity contribution in [1.29, 1.82) is 0 Å². The van der Waals surface area contributed by atoms with Crippen molar-refractivity contribution in [3.05, 3.63) is 65.2 Å². The van der Waals surface area contributed by atoms with Gasteiger partial charge >= 0.3 is 0 Å². The molecule has 1 spiro atoms. The van der Waals surface area contributed by atoms with Crippen LogP contribution in [0.15, 0.2) is 42.5 Å². The quantitative estimate of drug-likeness (QED) is 0.761. The second kappa shape index (κ2) is 6.83. The summed E-state index contributed by atoms with van der Waals surface area (Å²) in [6, 6.07) is 10.3. The summed E-state index contributed by atoms with van der Waals surface area (Å²) in [5.41, 5.74) is 1.92. The zero-order chi connectivity index (χ0) is 20.2. The van der Waals surface area contributed by atoms with Crippen LogP contribution in [0.5, 0.6) is 0 Å². The molecule has 0 N–H and O–H groups in total. The Morgan fingerprint density at radius 1 is 1.10 bits per heavy atom. The van der Waals surface area contributed by atoms with E-state index in [9.17, 15) is 18.4 Å². The Morgan fingerprint density at radius 3 is 2.52 bits per heavy atom. The fraction of sp³-hybridized carbons (Fsp3) is 0.364. The first-order chi connectivity index (χ1) is 14.0. The molecule has 1 saturated carbocycles. The normalized spacial score (nSPS) is 23.6. The Labute approximate surface area is 171 Å². The zero-order valence-electron chi connectivity index (χ0n) is 15.7. The van der Waals surface area contributed by atoms with Gasteiger partial charge in [-0.25, -0.2) is 8.78 Å². The summed E-state index contributed by atoms with van der Waals surface area (Å²) in [5.74, 6) is -0.412. The van der Waals surface area contributed by atoms with E-state index >= 15 is 0 Å². The lowest BCUT2D eigenvalue weighted by Gasteiger charge is -2.37. The zero-order valence-corrected chi connectivity index (χ0v) is 16.6. The fourth-order valence-corrected chi connectivity index (χ4v) is 5.87. The molecule has 0 radical (unpaired) electrons. The number of thioether (sulfide) groups is 1. The molecular formula is C22H20F2N2O2S. The minimum Gasteiger partial charge on any atom is -0.315 e. The van der Waals surface area contributed by atoms with Gasteiger partial charge in [-0.1, -0.05) is 18.6 Å². The monoisotopic (exact) mass is 414 g/mol. The summed E-state index contributed by atoms with van der Waals surface area (Å²) >= 11 is 1.40. The van der Waals surface area contributed by atoms with Crippen molar-refractivity contribution in [2.24, 2.45) is 5.92 Å². The van der Waals surface area contributed by atoms with Gasteiger partial charge in [0.05, 0.1) is 12.2 Å². The average Bonchev–Trinajstić information content (AvgIpc) is 3.19. The van der Waals surface area contributed by atoms with E-state index < -0.39 is 10.7 Å². The molecule has 2 amide bonds. The van der Waals surface area contributed by atoms with Gasteiger partial charge in [0.25, 0.3) is 5.91 Å². The highest BCUT2D eigenvalue weighted by Crippen LogP contribution is 2.55. The van der Waals surface area contributed by atoms with Crippen molar-refractivity contribution in [3.63, 3.8) is 0 Å². The first-order valence-electron chi connectivity index (χ1n) is 9.82. The van der Waals surface area contributed by atoms with Crippen molar-refractivity contribution in [3.8, 4) is 0 Å². The van der Waals surface area contributed by atoms with Gasteiger partial charge in [-0.15, -0.1) is 11.8 Å². The van der Waals surface area contributed by atoms with Gasteiger partial charge in [0.15, 0.2) is 4.87 Å². The fourth-order valence-electron chi connectivity index (χ4n) is 4.41. The molecule has 29 heavy (non-hydrogen) atoms. The second-order valence-electron chi connectivity index (χ2n) is 7.79. The van der Waals surface area contributed by atoms with E-state index in [1.165, 1.54) is 36.0 Å². The highest BCUT2D eigenvalue weighted by atomic mass is 32.2. The van der Waals surface area contributed by atoms with Gasteiger partial charge in [-0.05, 0) is 48.7 Å². The molecule has 4 nitrogen and oxygen atoms in total. The smallest absolute Gasteiger partial charge is 0.268 e. The molecule has 0 bridgehead atoms. The van der Waals surface area contributed by atoms with Crippen LogP contribution in [0.25, 0.3) is 0 Å². The largest absolute Gasteiger partial charge is 0.315 e. The maximum Gasteiger partial charge on any atom is 0.268 e. The molecule has 1 aliphatic carbocycles. The standard InChI is InChI=1S/C22H20F2N2O2S/c23-16-6-4-14(5-7-16)13-25-19-9-8-17(24)12-18(19)22(21(25)28)26(10-11-29-22)20(27)15-2-1-3-15/h4-9,12,15H,1-3,10-11,13H2/t22-/m0/s1. The molecule has 2 aromatic rings. The van der Waals surface area contributed by atoms with Gasteiger partial charge in [0, 0.05) is 23.8 Å². The van der Waals surface area contributed by atoms with E-state index in [-0.39, 0.29) is 30.1 Å². The molecule has 1 saturated heterocycles. The van der Waals surface area contributed by atoms with Gasteiger partial charge in [-0.2, -0.15) is 0 Å². The predicted octanol–water partition coefficient (Wildman–Crippen LogP) is 4.04. The van der Waals surface area contributed by atoms with Crippen LogP contribution in [0.2, 0.25) is 0 Å². The number of hydrogen-bond donors (Lipinski definition) is 0. The molecule has 0 aromatic heterocycles. The molecule has 2 fully saturated rings. The number of benzene rings is 2. The van der Waals surface area contributed by atoms with Crippen molar-refractivity contribution >= 4 is 29.3 Å². The minimum absolute atomic E-state index is 0.00607. The van der Waals surface area contributed by atoms with Crippen LogP contribution in [0.3, 0.4) is 0 Å². The molecule has 2 aliphatic heterocycles. The van der Waals surface area contributed by atoms with Gasteiger partial charge in [-0.3, -0.25) is 9.59 Å². The van der Waals surface area contributed by atoms with Crippen LogP contribution in [-0.4, -0.2) is 29.0 Å². The number of fused-ring (bicyclic) bond motifs is 2. The van der Waals surface area contributed by atoms with Gasteiger partial charge < -0.3 is 9.80 Å². The van der Waals surface area contributed by atoms with Crippen molar-refractivity contribution < 1.29 is 18.4 Å². The lowest BCUT2D eigenvalue weighted by molar-refractivity contribution is -0.145. The topological polar surface area (TPSA) is 40.6 Å². The minimum atomic E-state index is -1.20. The number of carbonyl (C=O) groups is 2. The van der Waals surface area contributed by atoms with E-state index in [4.69, 9.17) is 0 Å². The number of hydrogen-bond acceptors (Lipinski definition) is 3. The number of anilines is 1. The number of nitrogens with zero attached hydrogens (tertiary/aromatic N) is 2. The molecule has 2 heterocycles. The third-order valence-electron chi connectivity index (χ3n) is 6.13. The molecule has 150 valence electrons. The van der Waals surface area contributed by atoms with Crippen LogP contribution in [-0.2, 0) is 21.0 Å². The van der Waals surface area contributed by atoms with Gasteiger partial charge in [0.1, 0.15) is 11.6 Å². The van der Waals surface area contributed by atoms with Gasteiger partial charge in [0.2, 0.25) is 5.91 Å². The number of amides is 2. The molecular weight excluding hydrogens is 394 g/mol. The predicted molar refractivity (Wildman–Crippen MR) is 107 cm³/mol. The summed E-state index contributed by atoms with van der Waals surface area (Å²) in [5, 5.41) is 0. The lowest BCUT2D eigenvalue weighted by Crippen LogP contribution is -2.52. The Kier molecular flexibility index (Phi) is 4.38. The summed E-state index contributed by atoms with van der Waals surface area (Å²) in [6.45, 7) is 0.720. The maximum absolute atomic E-state index is 14.2. The Hall–Kier alpha value is -2.41. The number of rotatable bonds is 3. The summed E-state index contributed by atoms with van der Waals surface area (Å²) in [4.78, 5) is 28.9. The average molecular weight is 414 g/mol. The molecule has 5 rings (SSSR count). The number of carbonyl (C=O) groups excluding carboxylic acids is 2. The Balaban J connectivity index is 1.57. The van der Waals surface area contributed by atoms with E-state index in [1.807, 2.05) is 0 Å². The molecule has 7 heteroatoms. The van der Waals surface area contributed by atoms with E-state index in [1.54, 1.807) is 28.0 Å². The van der Waals surface area contributed by atoms with Crippen molar-refractivity contribution in [2.75, 3.05) is 17.2 Å². The molecule has 0 unspecified atom stereocenters. The van der Waals surface area contributed by atoms with E-state index in [2.05, 4.69) is 0 Å². The first kappa shape index (κ1) is 18.6. The van der Waals surface area contributed by atoms with E-state index in [0.717, 1.165) is 24.8 Å². The summed E-state index contributed by atoms with van der Waals surface area (Å²) in [7, 11) is 0. The second-order valence-corrected chi connectivity index (χ2v) is 9.08. The highest BCUT2D eigenvalue weighted by molar-refractivity contribution is 8.01. The van der Waals surface area contributed by atoms with Crippen LogP contribution in [0.1, 0.15) is 30.4 Å². The van der Waals surface area contributed by atoms with Crippen LogP contribution >= 0.6 is 11.8 Å². The highest BCUT2D eigenvalue weighted by Gasteiger charge is 2.60. The Morgan fingerprint density at radius 2 is 1.83 bits per heavy atom. The summed E-state index contributed by atoms with van der Waals surface area (Å²) < 4.78 is 27.5. The third-order valence-corrected chi connectivity index (χ3v) is 7.55.